The molecule has 0 radical (unpaired) electrons. The fourth-order valence-corrected chi connectivity index (χ4v) is 9.11. The van der Waals surface area contributed by atoms with Crippen LogP contribution in [0.15, 0.2) is 65.5 Å². The van der Waals surface area contributed by atoms with E-state index in [1.165, 1.54) is 6.07 Å². The highest BCUT2D eigenvalue weighted by Gasteiger charge is 2.40. The van der Waals surface area contributed by atoms with Gasteiger partial charge in [0.1, 0.15) is 37.9 Å². The maximum atomic E-state index is 15.3. The normalized spacial score (nSPS) is 18.4. The largest absolute Gasteiger partial charge is 0.449 e. The molecule has 9 rings (SSSR count). The lowest BCUT2D eigenvalue weighted by atomic mass is 9.81. The van der Waals surface area contributed by atoms with E-state index in [1.54, 1.807) is 17.6 Å². The molecular weight excluding hydrogens is 746 g/mol. The molecule has 2 aromatic heterocycles. The number of benzene rings is 3. The highest BCUT2D eigenvalue weighted by molar-refractivity contribution is 5.93. The van der Waals surface area contributed by atoms with Crippen molar-refractivity contribution >= 4 is 28.8 Å². The van der Waals surface area contributed by atoms with Crippen LogP contribution in [-0.4, -0.2) is 65.7 Å². The van der Waals surface area contributed by atoms with Crippen LogP contribution in [0.1, 0.15) is 76.2 Å². The molecule has 0 saturated heterocycles. The summed E-state index contributed by atoms with van der Waals surface area (Å²) in [6, 6.07) is 18.7. The highest BCUT2D eigenvalue weighted by Crippen LogP contribution is 2.47. The Kier molecular flexibility index (Phi) is 9.57. The van der Waals surface area contributed by atoms with Gasteiger partial charge in [-0.2, -0.15) is 0 Å². The van der Waals surface area contributed by atoms with Crippen LogP contribution in [0.25, 0.3) is 33.4 Å². The van der Waals surface area contributed by atoms with E-state index in [2.05, 4.69) is 16.0 Å². The summed E-state index contributed by atoms with van der Waals surface area (Å²) in [4.78, 5) is 57.1. The van der Waals surface area contributed by atoms with Crippen LogP contribution in [0.3, 0.4) is 0 Å². The summed E-state index contributed by atoms with van der Waals surface area (Å²) in [5.74, 6) is -1.47. The molecule has 14 heteroatoms. The van der Waals surface area contributed by atoms with Crippen molar-refractivity contribution in [3.8, 4) is 22.5 Å². The van der Waals surface area contributed by atoms with Gasteiger partial charge in [-0.15, -0.1) is 0 Å². The van der Waals surface area contributed by atoms with Crippen molar-refractivity contribution in [2.75, 3.05) is 33.1 Å². The number of ether oxygens (including phenoxy) is 3. The minimum Gasteiger partial charge on any atom is -0.449 e. The molecule has 4 N–H and O–H groups in total. The number of pyridine rings is 2. The first-order valence-corrected chi connectivity index (χ1v) is 19.5. The number of aromatic nitrogens is 2. The van der Waals surface area contributed by atoms with E-state index in [1.807, 2.05) is 55.5 Å². The molecule has 0 saturated carbocycles. The second-order valence-electron chi connectivity index (χ2n) is 15.3. The van der Waals surface area contributed by atoms with Crippen molar-refractivity contribution in [2.24, 2.45) is 0 Å². The van der Waals surface area contributed by atoms with Gasteiger partial charge in [0.25, 0.3) is 5.56 Å². The molecule has 13 nitrogen and oxygen atoms in total. The molecule has 0 unspecified atom stereocenters. The molecule has 2 aliphatic carbocycles. The molecule has 2 atom stereocenters. The van der Waals surface area contributed by atoms with Gasteiger partial charge in [0.2, 0.25) is 11.8 Å². The number of aliphatic hydroxyl groups is 1. The average Bonchev–Trinajstić information content (AvgIpc) is 3.76. The van der Waals surface area contributed by atoms with Gasteiger partial charge in [0.05, 0.1) is 42.7 Å². The van der Waals surface area contributed by atoms with E-state index in [0.717, 1.165) is 44.3 Å². The Morgan fingerprint density at radius 1 is 1.02 bits per heavy atom. The van der Waals surface area contributed by atoms with Crippen molar-refractivity contribution in [3.05, 3.63) is 121 Å². The number of halogens is 1. The van der Waals surface area contributed by atoms with Crippen LogP contribution < -0.4 is 21.5 Å². The molecule has 5 aromatic rings. The van der Waals surface area contributed by atoms with Crippen molar-refractivity contribution in [1.82, 2.24) is 25.5 Å². The lowest BCUT2D eigenvalue weighted by Crippen LogP contribution is -2.40. The van der Waals surface area contributed by atoms with E-state index in [9.17, 15) is 24.3 Å². The van der Waals surface area contributed by atoms with Crippen LogP contribution in [0.2, 0.25) is 0 Å². The maximum Gasteiger partial charge on any atom is 0.407 e. The third-order valence-corrected chi connectivity index (χ3v) is 12.1. The third kappa shape index (κ3) is 6.32. The minimum atomic E-state index is -1.33. The molecule has 3 aromatic carbocycles. The SMILES string of the molecule is CC[C@@]1(O)COCc2c1cc1n(c2=O)Cc2c-1nc1cc(F)c(C)c3c1c2[C@@H](NC(=O)COCNC(=O)CNC(=O)OCC1c2ccccc2-c2ccccc21)CC3. The molecule has 4 heterocycles. The number of nitrogens with zero attached hydrogens (tertiary/aromatic N) is 2. The van der Waals surface area contributed by atoms with Crippen LogP contribution >= 0.6 is 0 Å². The van der Waals surface area contributed by atoms with E-state index < -0.39 is 29.6 Å². The number of amides is 3. The van der Waals surface area contributed by atoms with E-state index in [-0.39, 0.29) is 63.5 Å². The van der Waals surface area contributed by atoms with Gasteiger partial charge in [-0.3, -0.25) is 14.4 Å². The van der Waals surface area contributed by atoms with E-state index in [4.69, 9.17) is 19.2 Å². The predicted molar refractivity (Wildman–Crippen MR) is 210 cm³/mol. The molecule has 0 fully saturated rings. The first kappa shape index (κ1) is 37.6. The van der Waals surface area contributed by atoms with Crippen molar-refractivity contribution < 1.29 is 38.1 Å². The van der Waals surface area contributed by atoms with Gasteiger partial charge in [-0.1, -0.05) is 55.5 Å². The summed E-state index contributed by atoms with van der Waals surface area (Å²) in [5.41, 5.74) is 7.98. The Morgan fingerprint density at radius 2 is 1.76 bits per heavy atom. The standard InChI is InChI=1S/C44H42FN5O8/c1-3-44(55)21-56-18-31-32(44)14-36-41-29(17-50(36)42(31)53)40-34(13-12-24-23(2)33(45)15-35(49-41)39(24)40)48-38(52)20-57-22-47-37(51)16-46-43(54)58-19-30-27-10-6-4-8-25(27)26-9-5-7-11-28(26)30/h4-11,14-15,30,34,55H,3,12-13,16-22H2,1-2H3,(H,46,54)(H,47,51)(H,48,52)/t34-,44+/m0/s1. The number of aryl methyl sites for hydroxylation is 1. The van der Waals surface area contributed by atoms with Gasteiger partial charge in [-0.25, -0.2) is 14.2 Å². The number of rotatable bonds is 10. The van der Waals surface area contributed by atoms with Gasteiger partial charge in [0.15, 0.2) is 0 Å². The Hall–Kier alpha value is -5.96. The average molecular weight is 788 g/mol. The van der Waals surface area contributed by atoms with Crippen molar-refractivity contribution in [2.45, 2.75) is 63.8 Å². The van der Waals surface area contributed by atoms with Crippen LogP contribution in [-0.2, 0) is 49.0 Å². The molecule has 4 aliphatic rings. The molecular formula is C44H42FN5O8. The zero-order chi connectivity index (χ0) is 40.3. The van der Waals surface area contributed by atoms with Crippen LogP contribution in [0, 0.1) is 12.7 Å². The van der Waals surface area contributed by atoms with Gasteiger partial charge in [-0.05, 0) is 76.8 Å². The van der Waals surface area contributed by atoms with E-state index >= 15 is 4.39 Å². The quantitative estimate of drug-likeness (QED) is 0.113. The monoisotopic (exact) mass is 787 g/mol. The molecule has 58 heavy (non-hydrogen) atoms. The Bertz CT molecular complexity index is 2560. The molecule has 0 bridgehead atoms. The predicted octanol–water partition coefficient (Wildman–Crippen LogP) is 4.73. The number of nitrogens with one attached hydrogen (secondary N) is 3. The summed E-state index contributed by atoms with van der Waals surface area (Å²) in [6.07, 6.45) is 0.578. The smallest absolute Gasteiger partial charge is 0.407 e. The summed E-state index contributed by atoms with van der Waals surface area (Å²) >= 11 is 0. The van der Waals surface area contributed by atoms with Crippen molar-refractivity contribution in [1.29, 1.82) is 0 Å². The first-order chi connectivity index (χ1) is 28.1. The topological polar surface area (TPSA) is 170 Å². The third-order valence-electron chi connectivity index (χ3n) is 12.1. The second-order valence-corrected chi connectivity index (χ2v) is 15.3. The molecule has 2 aliphatic heterocycles. The molecule has 298 valence electrons. The number of alkyl carbamates (subject to hydrolysis) is 1. The molecule has 0 spiro atoms. The summed E-state index contributed by atoms with van der Waals surface area (Å²) in [5, 5.41) is 20.2. The fourth-order valence-electron chi connectivity index (χ4n) is 9.11. The van der Waals surface area contributed by atoms with Gasteiger partial charge in [0, 0.05) is 28.5 Å². The maximum absolute atomic E-state index is 15.3. The number of carbonyl (C=O) groups is 3. The van der Waals surface area contributed by atoms with Crippen LogP contribution in [0.4, 0.5) is 9.18 Å². The van der Waals surface area contributed by atoms with Gasteiger partial charge < -0.3 is 39.8 Å². The number of hydrogen-bond acceptors (Lipinski definition) is 9. The lowest BCUT2D eigenvalue weighted by molar-refractivity contribution is -0.129. The lowest BCUT2D eigenvalue weighted by Gasteiger charge is -2.33. The van der Waals surface area contributed by atoms with Gasteiger partial charge >= 0.3 is 6.09 Å². The summed E-state index contributed by atoms with van der Waals surface area (Å²) in [7, 11) is 0. The summed E-state index contributed by atoms with van der Waals surface area (Å²) < 4.78 is 33.5. The van der Waals surface area contributed by atoms with Crippen LogP contribution in [0.5, 0.6) is 0 Å². The Morgan fingerprint density at radius 3 is 2.50 bits per heavy atom. The molecule has 3 amide bonds. The first-order valence-electron chi connectivity index (χ1n) is 19.5. The number of carbonyl (C=O) groups excluding carboxylic acids is 3. The minimum absolute atomic E-state index is 0.0640. The second kappa shape index (κ2) is 14.8. The summed E-state index contributed by atoms with van der Waals surface area (Å²) in [6.45, 7) is 3.01. The zero-order valence-corrected chi connectivity index (χ0v) is 32.1. The van der Waals surface area contributed by atoms with Crippen molar-refractivity contribution in [3.63, 3.8) is 0 Å². The number of hydrogen-bond donors (Lipinski definition) is 4. The fraction of sp³-hybridized carbons (Fsp3) is 0.341. The Labute approximate surface area is 332 Å². The highest BCUT2D eigenvalue weighted by atomic mass is 19.1. The zero-order valence-electron chi connectivity index (χ0n) is 32.1. The van der Waals surface area contributed by atoms with E-state index in [0.29, 0.717) is 52.9 Å². The number of fused-ring (bicyclic) bond motifs is 8. The Balaban J connectivity index is 0.832.